The smallest absolute Gasteiger partial charge is 0.275 e. The number of allylic oxidation sites excluding steroid dienone is 4. The van der Waals surface area contributed by atoms with E-state index in [0.29, 0.717) is 21.2 Å². The summed E-state index contributed by atoms with van der Waals surface area (Å²) in [6.45, 7) is 1.86. The number of pyridine rings is 1. The number of halogens is 2. The molecule has 0 aliphatic carbocycles. The van der Waals surface area contributed by atoms with E-state index >= 15 is 0 Å². The second kappa shape index (κ2) is 7.15. The largest absolute Gasteiger partial charge is 0.375 e. The van der Waals surface area contributed by atoms with E-state index in [1.54, 1.807) is 24.7 Å². The Hall–Kier alpha value is -1.89. The molecule has 0 aromatic carbocycles. The molecule has 0 unspecified atom stereocenters. The first-order valence-electron chi connectivity index (χ1n) is 7.54. The molecule has 8 heteroatoms. The minimum absolute atomic E-state index is 0.126. The Bertz CT molecular complexity index is 1070. The third kappa shape index (κ3) is 3.05. The van der Waals surface area contributed by atoms with Crippen LogP contribution in [0.1, 0.15) is 6.92 Å². The van der Waals surface area contributed by atoms with E-state index in [4.69, 9.17) is 23.2 Å². The third-order valence-electron chi connectivity index (χ3n) is 3.75. The van der Waals surface area contributed by atoms with Gasteiger partial charge in [-0.3, -0.25) is 9.36 Å². The van der Waals surface area contributed by atoms with Crippen molar-refractivity contribution in [3.8, 4) is 0 Å². The van der Waals surface area contributed by atoms with E-state index in [9.17, 15) is 4.79 Å². The summed E-state index contributed by atoms with van der Waals surface area (Å²) in [5, 5.41) is 1.25. The lowest BCUT2D eigenvalue weighted by Crippen LogP contribution is -2.18. The Kier molecular flexibility index (Phi) is 5.13. The normalized spacial score (nSPS) is 12.6. The summed E-state index contributed by atoms with van der Waals surface area (Å²) in [6, 6.07) is 0. The number of nitrogens with zero attached hydrogens (tertiary/aromatic N) is 4. The highest BCUT2D eigenvalue weighted by molar-refractivity contribution is 7.25. The molecular formula is C17H16Cl2N4OS. The van der Waals surface area contributed by atoms with E-state index in [1.165, 1.54) is 15.9 Å². The van der Waals surface area contributed by atoms with Gasteiger partial charge >= 0.3 is 0 Å². The highest BCUT2D eigenvalue weighted by Gasteiger charge is 2.19. The van der Waals surface area contributed by atoms with Gasteiger partial charge < -0.3 is 4.90 Å². The fourth-order valence-electron chi connectivity index (χ4n) is 2.66. The van der Waals surface area contributed by atoms with E-state index < -0.39 is 0 Å². The zero-order valence-electron chi connectivity index (χ0n) is 14.0. The van der Waals surface area contributed by atoms with E-state index in [2.05, 4.69) is 9.97 Å². The molecule has 0 bridgehead atoms. The fraction of sp³-hybridized carbons (Fsp3) is 0.235. The quantitative estimate of drug-likeness (QED) is 0.374. The highest BCUT2D eigenvalue weighted by Crippen LogP contribution is 2.39. The molecule has 25 heavy (non-hydrogen) atoms. The van der Waals surface area contributed by atoms with Gasteiger partial charge in [-0.2, -0.15) is 0 Å². The molecule has 0 atom stereocenters. The Morgan fingerprint density at radius 3 is 2.80 bits per heavy atom. The Balaban J connectivity index is 2.35. The Morgan fingerprint density at radius 1 is 1.40 bits per heavy atom. The van der Waals surface area contributed by atoms with Crippen LogP contribution in [0, 0.1) is 0 Å². The molecule has 3 rings (SSSR count). The number of aromatic nitrogens is 3. The van der Waals surface area contributed by atoms with Gasteiger partial charge in [0.05, 0.1) is 15.9 Å². The van der Waals surface area contributed by atoms with Crippen LogP contribution < -0.4 is 10.5 Å². The maximum atomic E-state index is 13.0. The molecule has 3 aromatic rings. The summed E-state index contributed by atoms with van der Waals surface area (Å²) in [6.07, 6.45) is 8.66. The second-order valence-electron chi connectivity index (χ2n) is 5.50. The number of hydrogen-bond acceptors (Lipinski definition) is 5. The molecule has 0 saturated carbocycles. The van der Waals surface area contributed by atoms with Crippen LogP contribution in [0.3, 0.4) is 0 Å². The van der Waals surface area contributed by atoms with Crippen molar-refractivity contribution in [2.24, 2.45) is 0 Å². The van der Waals surface area contributed by atoms with Crippen LogP contribution in [-0.2, 0) is 0 Å². The molecule has 0 N–H and O–H groups in total. The first-order chi connectivity index (χ1) is 12.0. The van der Waals surface area contributed by atoms with Gasteiger partial charge in [0.25, 0.3) is 5.56 Å². The molecule has 0 radical (unpaired) electrons. The maximum Gasteiger partial charge on any atom is 0.275 e. The van der Waals surface area contributed by atoms with Crippen molar-refractivity contribution in [3.05, 3.63) is 46.3 Å². The van der Waals surface area contributed by atoms with Gasteiger partial charge in [0.2, 0.25) is 0 Å². The molecule has 130 valence electrons. The van der Waals surface area contributed by atoms with Gasteiger partial charge in [-0.15, -0.1) is 22.9 Å². The van der Waals surface area contributed by atoms with Crippen LogP contribution in [0.2, 0.25) is 5.15 Å². The second-order valence-corrected chi connectivity index (χ2v) is 7.22. The van der Waals surface area contributed by atoms with Gasteiger partial charge in [-0.1, -0.05) is 23.8 Å². The average Bonchev–Trinajstić information content (AvgIpc) is 2.96. The molecule has 0 aliphatic rings. The predicted octanol–water partition coefficient (Wildman–Crippen LogP) is 4.38. The predicted molar refractivity (Wildman–Crippen MR) is 108 cm³/mol. The van der Waals surface area contributed by atoms with Crippen molar-refractivity contribution in [1.29, 1.82) is 0 Å². The first kappa shape index (κ1) is 17.9. The molecule has 0 fully saturated rings. The lowest BCUT2D eigenvalue weighted by molar-refractivity contribution is 0.998. The van der Waals surface area contributed by atoms with Crippen molar-refractivity contribution in [1.82, 2.24) is 14.5 Å². The monoisotopic (exact) mass is 394 g/mol. The van der Waals surface area contributed by atoms with Gasteiger partial charge in [-0.25, -0.2) is 9.97 Å². The van der Waals surface area contributed by atoms with Crippen LogP contribution in [0.15, 0.2) is 35.5 Å². The van der Waals surface area contributed by atoms with Crippen molar-refractivity contribution in [2.45, 2.75) is 6.92 Å². The van der Waals surface area contributed by atoms with Gasteiger partial charge in [-0.05, 0) is 13.0 Å². The molecule has 0 aliphatic heterocycles. The number of rotatable bonds is 4. The average molecular weight is 395 g/mol. The third-order valence-corrected chi connectivity index (χ3v) is 5.31. The van der Waals surface area contributed by atoms with Crippen LogP contribution in [0.5, 0.6) is 0 Å². The molecule has 3 aromatic heterocycles. The van der Waals surface area contributed by atoms with E-state index in [1.807, 2.05) is 32.0 Å². The van der Waals surface area contributed by atoms with Crippen molar-refractivity contribution >= 4 is 66.2 Å². The zero-order valence-corrected chi connectivity index (χ0v) is 16.3. The summed E-state index contributed by atoms with van der Waals surface area (Å²) in [7, 11) is 3.78. The number of hydrogen-bond donors (Lipinski definition) is 0. The van der Waals surface area contributed by atoms with Crippen molar-refractivity contribution < 1.29 is 0 Å². The number of alkyl halides is 1. The maximum absolute atomic E-state index is 13.0. The summed E-state index contributed by atoms with van der Waals surface area (Å²) in [5.74, 6) is 0.376. The molecule has 5 nitrogen and oxygen atoms in total. The molecule has 0 saturated heterocycles. The summed E-state index contributed by atoms with van der Waals surface area (Å²) >= 11 is 13.3. The minimum Gasteiger partial charge on any atom is -0.375 e. The lowest BCUT2D eigenvalue weighted by Gasteiger charge is -2.15. The molecule has 3 heterocycles. The van der Waals surface area contributed by atoms with Gasteiger partial charge in [0, 0.05) is 37.3 Å². The number of anilines is 1. The molecule has 0 amide bonds. The zero-order chi connectivity index (χ0) is 18.1. The highest BCUT2D eigenvalue weighted by atomic mass is 35.5. The Labute approximate surface area is 158 Å². The fourth-order valence-corrected chi connectivity index (χ4v) is 4.12. The van der Waals surface area contributed by atoms with Crippen LogP contribution in [0.4, 0.5) is 5.69 Å². The minimum atomic E-state index is -0.126. The molecule has 0 spiro atoms. The van der Waals surface area contributed by atoms with Crippen molar-refractivity contribution in [2.75, 3.05) is 24.9 Å². The standard InChI is InChI=1S/C17H16Cl2N4OS/c1-4-10(6-5-7-18)23-9-21-13-12-11(25-15(13)17(23)24)8-20-16(19)14(12)22(2)3/h4-6,8-9H,7H2,1-3H3/b6-5-,10-4+. The number of thiophene rings is 1. The number of fused-ring (bicyclic) bond motifs is 3. The summed E-state index contributed by atoms with van der Waals surface area (Å²) in [5.41, 5.74) is 2.01. The van der Waals surface area contributed by atoms with Crippen LogP contribution in [0.25, 0.3) is 26.0 Å². The van der Waals surface area contributed by atoms with Gasteiger partial charge in [0.1, 0.15) is 11.0 Å². The Morgan fingerprint density at radius 2 is 2.16 bits per heavy atom. The topological polar surface area (TPSA) is 51.0 Å². The van der Waals surface area contributed by atoms with E-state index in [0.717, 1.165) is 21.5 Å². The molecular weight excluding hydrogens is 379 g/mol. The first-order valence-corrected chi connectivity index (χ1v) is 9.27. The SMILES string of the molecule is C/C=C(\C=C/CCl)n1cnc2c(sc3cnc(Cl)c(N(C)C)c32)c1=O. The summed E-state index contributed by atoms with van der Waals surface area (Å²) < 4.78 is 2.97. The van der Waals surface area contributed by atoms with Crippen LogP contribution >= 0.6 is 34.5 Å². The summed E-state index contributed by atoms with van der Waals surface area (Å²) in [4.78, 5) is 23.6. The van der Waals surface area contributed by atoms with Crippen molar-refractivity contribution in [3.63, 3.8) is 0 Å². The van der Waals surface area contributed by atoms with E-state index in [-0.39, 0.29) is 5.56 Å². The lowest BCUT2D eigenvalue weighted by atomic mass is 10.2. The van der Waals surface area contributed by atoms with Crippen LogP contribution in [-0.4, -0.2) is 34.5 Å². The van der Waals surface area contributed by atoms with Gasteiger partial charge in [0.15, 0.2) is 5.15 Å².